The van der Waals surface area contributed by atoms with Crippen molar-refractivity contribution in [1.29, 1.82) is 0 Å². The smallest absolute Gasteiger partial charge is 0.0753 e. The van der Waals surface area contributed by atoms with Gasteiger partial charge in [0.05, 0.1) is 17.9 Å². The summed E-state index contributed by atoms with van der Waals surface area (Å²) in [6.45, 7) is 5.40. The minimum atomic E-state index is 0.404. The van der Waals surface area contributed by atoms with Gasteiger partial charge in [-0.15, -0.1) is 5.10 Å². The normalized spacial score (nSPS) is 12.8. The van der Waals surface area contributed by atoms with Crippen molar-refractivity contribution in [3.05, 3.63) is 11.9 Å². The van der Waals surface area contributed by atoms with Crippen molar-refractivity contribution >= 4 is 0 Å². The van der Waals surface area contributed by atoms with E-state index in [0.29, 0.717) is 6.04 Å². The van der Waals surface area contributed by atoms with Crippen LogP contribution in [-0.4, -0.2) is 21.5 Å². The summed E-state index contributed by atoms with van der Waals surface area (Å²) < 4.78 is 1.88. The van der Waals surface area contributed by atoms with E-state index in [-0.39, 0.29) is 0 Å². The Balaban J connectivity index is 2.29. The molecule has 4 nitrogen and oxygen atoms in total. The van der Waals surface area contributed by atoms with E-state index in [1.807, 2.05) is 17.9 Å². The quantitative estimate of drug-likeness (QED) is 0.650. The lowest BCUT2D eigenvalue weighted by atomic mass is 10.0. The van der Waals surface area contributed by atoms with Crippen LogP contribution in [0.3, 0.4) is 0 Å². The molecular weight excluding hydrogens is 224 g/mol. The first-order valence-corrected chi connectivity index (χ1v) is 7.37. The number of aryl methyl sites for hydroxylation is 1. The first kappa shape index (κ1) is 15.2. The molecule has 0 radical (unpaired) electrons. The van der Waals surface area contributed by atoms with Gasteiger partial charge in [-0.3, -0.25) is 4.68 Å². The van der Waals surface area contributed by atoms with Gasteiger partial charge in [0.15, 0.2) is 0 Å². The molecule has 0 aromatic carbocycles. The topological polar surface area (TPSA) is 42.7 Å². The highest BCUT2D eigenvalue weighted by Gasteiger charge is 2.13. The maximum absolute atomic E-state index is 4.02. The second-order valence-corrected chi connectivity index (χ2v) is 4.95. The lowest BCUT2D eigenvalue weighted by molar-refractivity contribution is 0.451. The predicted octanol–water partition coefficient (Wildman–Crippen LogP) is 3.22. The molecule has 0 saturated heterocycles. The van der Waals surface area contributed by atoms with Crippen LogP contribution in [0.2, 0.25) is 0 Å². The fraction of sp³-hybridized carbons (Fsp3) is 0.857. The first-order valence-electron chi connectivity index (χ1n) is 7.37. The minimum absolute atomic E-state index is 0.404. The number of nitrogens with one attached hydrogen (secondary N) is 1. The van der Waals surface area contributed by atoms with E-state index in [2.05, 4.69) is 29.5 Å². The highest BCUT2D eigenvalue weighted by Crippen LogP contribution is 2.19. The Labute approximate surface area is 111 Å². The molecule has 1 aromatic rings. The number of hydrogen-bond donors (Lipinski definition) is 1. The van der Waals surface area contributed by atoms with E-state index in [1.165, 1.54) is 50.6 Å². The van der Waals surface area contributed by atoms with Gasteiger partial charge < -0.3 is 5.32 Å². The zero-order valence-corrected chi connectivity index (χ0v) is 12.2. The van der Waals surface area contributed by atoms with Crippen molar-refractivity contribution in [2.45, 2.75) is 64.8 Å². The lowest BCUT2D eigenvalue weighted by Crippen LogP contribution is -2.23. The summed E-state index contributed by atoms with van der Waals surface area (Å²) in [5.41, 5.74) is 1.20. The summed E-state index contributed by atoms with van der Waals surface area (Å²) in [5, 5.41) is 11.5. The Morgan fingerprint density at radius 2 is 1.89 bits per heavy atom. The van der Waals surface area contributed by atoms with Gasteiger partial charge in [0.1, 0.15) is 0 Å². The number of unbranched alkanes of at least 4 members (excludes halogenated alkanes) is 5. The van der Waals surface area contributed by atoms with Crippen molar-refractivity contribution in [2.24, 2.45) is 7.05 Å². The fourth-order valence-electron chi connectivity index (χ4n) is 2.34. The Morgan fingerprint density at radius 1 is 1.17 bits per heavy atom. The van der Waals surface area contributed by atoms with Crippen LogP contribution in [0, 0.1) is 0 Å². The molecule has 0 saturated carbocycles. The third-order valence-corrected chi connectivity index (χ3v) is 3.40. The second-order valence-electron chi connectivity index (χ2n) is 4.95. The average molecular weight is 252 g/mol. The Bertz CT molecular complexity index is 308. The van der Waals surface area contributed by atoms with Gasteiger partial charge in [0, 0.05) is 7.05 Å². The highest BCUT2D eigenvalue weighted by atomic mass is 15.4. The van der Waals surface area contributed by atoms with E-state index in [4.69, 9.17) is 0 Å². The van der Waals surface area contributed by atoms with Crippen LogP contribution in [0.5, 0.6) is 0 Å². The zero-order valence-electron chi connectivity index (χ0n) is 12.2. The third-order valence-electron chi connectivity index (χ3n) is 3.40. The van der Waals surface area contributed by atoms with E-state index in [9.17, 15) is 0 Å². The maximum Gasteiger partial charge on any atom is 0.0753 e. The molecule has 0 aliphatic rings. The van der Waals surface area contributed by atoms with Gasteiger partial charge >= 0.3 is 0 Å². The van der Waals surface area contributed by atoms with Crippen molar-refractivity contribution in [3.8, 4) is 0 Å². The minimum Gasteiger partial charge on any atom is -0.309 e. The Hall–Kier alpha value is -0.900. The monoisotopic (exact) mass is 252 g/mol. The van der Waals surface area contributed by atoms with E-state index < -0.39 is 0 Å². The molecule has 1 aromatic heterocycles. The molecule has 0 bridgehead atoms. The van der Waals surface area contributed by atoms with Crippen LogP contribution in [0.15, 0.2) is 6.20 Å². The molecule has 4 heteroatoms. The number of hydrogen-bond acceptors (Lipinski definition) is 3. The Morgan fingerprint density at radius 3 is 2.50 bits per heavy atom. The molecule has 104 valence electrons. The van der Waals surface area contributed by atoms with Crippen LogP contribution >= 0.6 is 0 Å². The molecule has 18 heavy (non-hydrogen) atoms. The van der Waals surface area contributed by atoms with Gasteiger partial charge in [0.2, 0.25) is 0 Å². The lowest BCUT2D eigenvalue weighted by Gasteiger charge is -2.17. The number of rotatable bonds is 10. The molecule has 0 spiro atoms. The van der Waals surface area contributed by atoms with Crippen LogP contribution in [-0.2, 0) is 7.05 Å². The number of aromatic nitrogens is 3. The second kappa shape index (κ2) is 9.09. The fourth-order valence-corrected chi connectivity index (χ4v) is 2.34. The van der Waals surface area contributed by atoms with Gasteiger partial charge in [0.25, 0.3) is 0 Å². The van der Waals surface area contributed by atoms with Crippen LogP contribution in [0.1, 0.15) is 70.5 Å². The van der Waals surface area contributed by atoms with Crippen molar-refractivity contribution in [3.63, 3.8) is 0 Å². The van der Waals surface area contributed by atoms with Crippen LogP contribution < -0.4 is 5.32 Å². The summed E-state index contributed by atoms with van der Waals surface area (Å²) in [5.74, 6) is 0. The first-order chi connectivity index (χ1) is 8.79. The van der Waals surface area contributed by atoms with Crippen molar-refractivity contribution in [2.75, 3.05) is 6.54 Å². The molecule has 0 fully saturated rings. The predicted molar refractivity (Wildman–Crippen MR) is 75.4 cm³/mol. The zero-order chi connectivity index (χ0) is 13.2. The van der Waals surface area contributed by atoms with Crippen LogP contribution in [0.4, 0.5) is 0 Å². The van der Waals surface area contributed by atoms with Gasteiger partial charge in [-0.25, -0.2) is 0 Å². The molecule has 1 N–H and O–H groups in total. The summed E-state index contributed by atoms with van der Waals surface area (Å²) in [4.78, 5) is 0. The van der Waals surface area contributed by atoms with E-state index >= 15 is 0 Å². The maximum atomic E-state index is 4.02. The molecule has 1 heterocycles. The standard InChI is InChI=1S/C14H28N4/c1-4-6-7-8-9-10-11-13(15-5-2)14-12-16-17-18(14)3/h12-13,15H,4-11H2,1-3H3. The van der Waals surface area contributed by atoms with Crippen molar-refractivity contribution < 1.29 is 0 Å². The van der Waals surface area contributed by atoms with Gasteiger partial charge in [-0.1, -0.05) is 57.6 Å². The molecule has 0 amide bonds. The summed E-state index contributed by atoms with van der Waals surface area (Å²) in [7, 11) is 1.97. The summed E-state index contributed by atoms with van der Waals surface area (Å²) >= 11 is 0. The Kier molecular flexibility index (Phi) is 7.65. The third kappa shape index (κ3) is 5.17. The molecule has 0 aliphatic carbocycles. The van der Waals surface area contributed by atoms with Gasteiger partial charge in [-0.05, 0) is 13.0 Å². The number of nitrogens with zero attached hydrogens (tertiary/aromatic N) is 3. The average Bonchev–Trinajstić information content (AvgIpc) is 2.78. The largest absolute Gasteiger partial charge is 0.309 e. The van der Waals surface area contributed by atoms with E-state index in [1.54, 1.807) is 0 Å². The molecule has 0 aliphatic heterocycles. The SMILES string of the molecule is CCCCCCCCC(NCC)c1cnnn1C. The highest BCUT2D eigenvalue weighted by molar-refractivity contribution is 5.01. The van der Waals surface area contributed by atoms with Crippen LogP contribution in [0.25, 0.3) is 0 Å². The molecule has 1 rings (SSSR count). The molecular formula is C14H28N4. The summed E-state index contributed by atoms with van der Waals surface area (Å²) in [6.07, 6.45) is 11.1. The van der Waals surface area contributed by atoms with Crippen molar-refractivity contribution in [1.82, 2.24) is 20.3 Å². The molecule has 1 atom stereocenters. The summed E-state index contributed by atoms with van der Waals surface area (Å²) in [6, 6.07) is 0.404. The van der Waals surface area contributed by atoms with Gasteiger partial charge in [-0.2, -0.15) is 0 Å². The molecule has 1 unspecified atom stereocenters. The van der Waals surface area contributed by atoms with E-state index in [0.717, 1.165) is 6.54 Å².